The van der Waals surface area contributed by atoms with Crippen molar-refractivity contribution in [3.05, 3.63) is 48.3 Å². The highest BCUT2D eigenvalue weighted by molar-refractivity contribution is 7.89. The summed E-state index contributed by atoms with van der Waals surface area (Å²) in [6, 6.07) is 9.98. The monoisotopic (exact) mass is 474 g/mol. The molecule has 2 aromatic carbocycles. The van der Waals surface area contributed by atoms with Crippen LogP contribution in [0, 0.1) is 23.6 Å². The van der Waals surface area contributed by atoms with Gasteiger partial charge in [-0.15, -0.1) is 0 Å². The van der Waals surface area contributed by atoms with Crippen molar-refractivity contribution >= 4 is 21.6 Å². The second-order valence-corrected chi connectivity index (χ2v) is 10.9. The number of halogens is 1. The Balaban J connectivity index is 1.44. The van der Waals surface area contributed by atoms with Gasteiger partial charge in [0, 0.05) is 19.0 Å². The van der Waals surface area contributed by atoms with Gasteiger partial charge in [-0.2, -0.15) is 4.31 Å². The number of ether oxygens (including phenoxy) is 2. The molecule has 33 heavy (non-hydrogen) atoms. The molecular formula is C24H27FN2O5S. The quantitative estimate of drug-likeness (QED) is 0.684. The van der Waals surface area contributed by atoms with E-state index < -0.39 is 10.0 Å². The molecule has 0 radical (unpaired) electrons. The summed E-state index contributed by atoms with van der Waals surface area (Å²) in [5.41, 5.74) is 0.293. The van der Waals surface area contributed by atoms with E-state index in [9.17, 15) is 17.6 Å². The van der Waals surface area contributed by atoms with E-state index in [2.05, 4.69) is 5.32 Å². The van der Waals surface area contributed by atoms with Gasteiger partial charge >= 0.3 is 0 Å². The lowest BCUT2D eigenvalue weighted by atomic mass is 9.88. The fourth-order valence-electron chi connectivity index (χ4n) is 5.21. The summed E-state index contributed by atoms with van der Waals surface area (Å²) in [5.74, 6) is 1.12. The molecule has 5 rings (SSSR count). The Hall–Kier alpha value is -2.49. The lowest BCUT2D eigenvalue weighted by Gasteiger charge is -2.26. The van der Waals surface area contributed by atoms with E-state index >= 15 is 0 Å². The lowest BCUT2D eigenvalue weighted by Crippen LogP contribution is -2.40. The fourth-order valence-corrected chi connectivity index (χ4v) is 6.65. The van der Waals surface area contributed by atoms with Crippen molar-refractivity contribution in [2.75, 3.05) is 31.6 Å². The fraction of sp³-hybridized carbons (Fsp3) is 0.458. The van der Waals surface area contributed by atoms with Crippen LogP contribution in [0.25, 0.3) is 0 Å². The van der Waals surface area contributed by atoms with Crippen molar-refractivity contribution in [1.29, 1.82) is 0 Å². The first-order chi connectivity index (χ1) is 15.9. The van der Waals surface area contributed by atoms with Crippen LogP contribution in [0.4, 0.5) is 10.1 Å². The summed E-state index contributed by atoms with van der Waals surface area (Å²) in [4.78, 5) is 13.2. The molecule has 0 unspecified atom stereocenters. The molecule has 1 amide bonds. The Bertz CT molecular complexity index is 1130. The van der Waals surface area contributed by atoms with E-state index in [0.29, 0.717) is 42.2 Å². The van der Waals surface area contributed by atoms with Gasteiger partial charge in [0.15, 0.2) is 5.75 Å². The van der Waals surface area contributed by atoms with Crippen LogP contribution < -0.4 is 10.1 Å². The Morgan fingerprint density at radius 1 is 1.06 bits per heavy atom. The minimum absolute atomic E-state index is 0.0677. The number of sulfonamides is 1. The summed E-state index contributed by atoms with van der Waals surface area (Å²) >= 11 is 0. The largest absolute Gasteiger partial charge is 0.455 e. The molecule has 176 valence electrons. The molecule has 1 saturated heterocycles. The Morgan fingerprint density at radius 3 is 2.48 bits per heavy atom. The van der Waals surface area contributed by atoms with E-state index in [0.717, 1.165) is 19.3 Å². The van der Waals surface area contributed by atoms with Gasteiger partial charge in [-0.05, 0) is 73.6 Å². The molecule has 3 aliphatic rings. The Labute approximate surface area is 192 Å². The second-order valence-electron chi connectivity index (χ2n) is 9.00. The number of hydrogen-bond acceptors (Lipinski definition) is 5. The Kier molecular flexibility index (Phi) is 6.11. The third-order valence-corrected chi connectivity index (χ3v) is 8.83. The highest BCUT2D eigenvalue weighted by atomic mass is 32.2. The van der Waals surface area contributed by atoms with Gasteiger partial charge in [-0.1, -0.05) is 6.42 Å². The maximum Gasteiger partial charge on any atom is 0.243 e. The van der Waals surface area contributed by atoms with Crippen molar-refractivity contribution in [3.63, 3.8) is 0 Å². The van der Waals surface area contributed by atoms with E-state index in [4.69, 9.17) is 9.47 Å². The van der Waals surface area contributed by atoms with Gasteiger partial charge < -0.3 is 14.8 Å². The maximum atomic E-state index is 13.3. The van der Waals surface area contributed by atoms with Gasteiger partial charge in [-0.3, -0.25) is 4.79 Å². The Morgan fingerprint density at radius 2 is 1.82 bits per heavy atom. The first-order valence-electron chi connectivity index (χ1n) is 11.4. The average molecular weight is 475 g/mol. The zero-order chi connectivity index (χ0) is 23.0. The van der Waals surface area contributed by atoms with Gasteiger partial charge in [-0.25, -0.2) is 12.8 Å². The molecule has 3 fully saturated rings. The molecule has 7 nitrogen and oxygen atoms in total. The van der Waals surface area contributed by atoms with Crippen molar-refractivity contribution in [3.8, 4) is 11.5 Å². The summed E-state index contributed by atoms with van der Waals surface area (Å²) < 4.78 is 52.2. The summed E-state index contributed by atoms with van der Waals surface area (Å²) in [6.07, 6.45) is 4.20. The standard InChI is InChI=1S/C24H27FN2O5S/c25-18-3-5-19(6-4-18)32-23-8-7-20(33(29,30)27-9-11-31-12-10-27)15-22(23)26-24(28)21-14-16-1-2-17(21)13-16/h3-8,15-17,21H,1-2,9-14H2,(H,26,28)/t16-,17-,21+/m0/s1. The molecule has 1 N–H and O–H groups in total. The van der Waals surface area contributed by atoms with Crippen LogP contribution in [0.2, 0.25) is 0 Å². The zero-order valence-electron chi connectivity index (χ0n) is 18.2. The topological polar surface area (TPSA) is 84.9 Å². The van der Waals surface area contributed by atoms with Crippen LogP contribution in [-0.2, 0) is 19.6 Å². The van der Waals surface area contributed by atoms with Crippen molar-refractivity contribution in [2.24, 2.45) is 17.8 Å². The number of amides is 1. The van der Waals surface area contributed by atoms with E-state index in [1.54, 1.807) is 0 Å². The number of anilines is 1. The molecule has 2 saturated carbocycles. The van der Waals surface area contributed by atoms with E-state index in [-0.39, 0.29) is 35.6 Å². The molecule has 2 bridgehead atoms. The lowest BCUT2D eigenvalue weighted by molar-refractivity contribution is -0.121. The molecule has 0 aromatic heterocycles. The van der Waals surface area contributed by atoms with Gasteiger partial charge in [0.1, 0.15) is 11.6 Å². The molecule has 2 aromatic rings. The summed E-state index contributed by atoms with van der Waals surface area (Å²) in [5, 5.41) is 2.94. The third-order valence-electron chi connectivity index (χ3n) is 6.93. The minimum atomic E-state index is -3.75. The van der Waals surface area contributed by atoms with Crippen LogP contribution in [0.3, 0.4) is 0 Å². The SMILES string of the molecule is O=C(Nc1cc(S(=O)(=O)N2CCOCC2)ccc1Oc1ccc(F)cc1)[C@@H]1C[C@H]2CC[C@H]1C2. The van der Waals surface area contributed by atoms with Crippen molar-refractivity contribution < 1.29 is 27.1 Å². The highest BCUT2D eigenvalue weighted by Crippen LogP contribution is 2.49. The van der Waals surface area contributed by atoms with Crippen LogP contribution in [-0.4, -0.2) is 44.9 Å². The summed E-state index contributed by atoms with van der Waals surface area (Å²) in [7, 11) is -3.75. The number of hydrogen-bond donors (Lipinski definition) is 1. The highest BCUT2D eigenvalue weighted by Gasteiger charge is 2.43. The molecule has 3 atom stereocenters. The van der Waals surface area contributed by atoms with Crippen LogP contribution in [0.1, 0.15) is 25.7 Å². The first-order valence-corrected chi connectivity index (χ1v) is 12.8. The summed E-state index contributed by atoms with van der Waals surface area (Å²) in [6.45, 7) is 1.25. The van der Waals surface area contributed by atoms with Crippen LogP contribution in [0.15, 0.2) is 47.4 Å². The predicted octanol–water partition coefficient (Wildman–Crippen LogP) is 4.01. The van der Waals surface area contributed by atoms with Crippen LogP contribution >= 0.6 is 0 Å². The number of nitrogens with one attached hydrogen (secondary N) is 1. The normalized spacial score (nSPS) is 25.2. The third kappa shape index (κ3) is 4.62. The number of benzene rings is 2. The number of fused-ring (bicyclic) bond motifs is 2. The first kappa shape index (κ1) is 22.3. The van der Waals surface area contributed by atoms with Crippen molar-refractivity contribution in [2.45, 2.75) is 30.6 Å². The van der Waals surface area contributed by atoms with Crippen molar-refractivity contribution in [1.82, 2.24) is 4.31 Å². The van der Waals surface area contributed by atoms with Crippen LogP contribution in [0.5, 0.6) is 11.5 Å². The number of nitrogens with zero attached hydrogens (tertiary/aromatic N) is 1. The number of carbonyl (C=O) groups is 1. The number of morpholine rings is 1. The van der Waals surface area contributed by atoms with Gasteiger partial charge in [0.2, 0.25) is 15.9 Å². The minimum Gasteiger partial charge on any atom is -0.455 e. The van der Waals surface area contributed by atoms with E-state index in [1.807, 2.05) is 0 Å². The number of carbonyl (C=O) groups excluding carboxylic acids is 1. The average Bonchev–Trinajstić information content (AvgIpc) is 3.46. The molecule has 1 aliphatic heterocycles. The molecule has 9 heteroatoms. The predicted molar refractivity (Wildman–Crippen MR) is 120 cm³/mol. The zero-order valence-corrected chi connectivity index (χ0v) is 19.0. The smallest absolute Gasteiger partial charge is 0.243 e. The van der Waals surface area contributed by atoms with Gasteiger partial charge in [0.25, 0.3) is 0 Å². The second kappa shape index (κ2) is 9.04. The molecule has 0 spiro atoms. The maximum absolute atomic E-state index is 13.3. The molecule has 1 heterocycles. The number of rotatable bonds is 6. The van der Waals surface area contributed by atoms with E-state index in [1.165, 1.54) is 53.2 Å². The van der Waals surface area contributed by atoms with Gasteiger partial charge in [0.05, 0.1) is 23.8 Å². The molecule has 2 aliphatic carbocycles. The molecular weight excluding hydrogens is 447 g/mol.